The van der Waals surface area contributed by atoms with E-state index >= 15 is 0 Å². The fourth-order valence-corrected chi connectivity index (χ4v) is 2.86. The van der Waals surface area contributed by atoms with Gasteiger partial charge in [-0.2, -0.15) is 0 Å². The van der Waals surface area contributed by atoms with Crippen molar-refractivity contribution in [2.75, 3.05) is 6.54 Å². The third-order valence-corrected chi connectivity index (χ3v) is 4.56. The molecule has 116 valence electrons. The van der Waals surface area contributed by atoms with Gasteiger partial charge in [-0.25, -0.2) is 17.2 Å². The van der Waals surface area contributed by atoms with Crippen LogP contribution in [0, 0.1) is 11.6 Å². The summed E-state index contributed by atoms with van der Waals surface area (Å²) in [7, 11) is 0.887. The largest absolute Gasteiger partial charge is 0.336 e. The van der Waals surface area contributed by atoms with Gasteiger partial charge in [-0.3, -0.25) is 4.79 Å². The summed E-state index contributed by atoms with van der Waals surface area (Å²) in [4.78, 5) is 13.2. The molecule has 1 aliphatic rings. The second-order valence-electron chi connectivity index (χ2n) is 4.93. The molecule has 8 heteroatoms. The summed E-state index contributed by atoms with van der Waals surface area (Å²) >= 11 is 0. The molecule has 1 fully saturated rings. The fraction of sp³-hybridized carbons (Fsp3) is 0.462. The predicted octanol–water partition coefficient (Wildman–Crippen LogP) is 2.91. The first-order valence-electron chi connectivity index (χ1n) is 6.50. The van der Waals surface area contributed by atoms with Crippen molar-refractivity contribution in [1.29, 1.82) is 0 Å². The van der Waals surface area contributed by atoms with Crippen LogP contribution >= 0.6 is 10.7 Å². The van der Waals surface area contributed by atoms with Gasteiger partial charge >= 0.3 is 0 Å². The van der Waals surface area contributed by atoms with Crippen LogP contribution in [0.15, 0.2) is 17.0 Å². The summed E-state index contributed by atoms with van der Waals surface area (Å²) < 4.78 is 49.9. The molecule has 21 heavy (non-hydrogen) atoms. The van der Waals surface area contributed by atoms with Crippen LogP contribution in [-0.4, -0.2) is 31.8 Å². The number of hydrogen-bond acceptors (Lipinski definition) is 3. The van der Waals surface area contributed by atoms with Crippen LogP contribution in [0.25, 0.3) is 0 Å². The zero-order valence-corrected chi connectivity index (χ0v) is 12.8. The van der Waals surface area contributed by atoms with Gasteiger partial charge in [0.15, 0.2) is 11.6 Å². The average Bonchev–Trinajstić information content (AvgIpc) is 3.21. The van der Waals surface area contributed by atoms with Crippen LogP contribution in [0.4, 0.5) is 8.78 Å². The van der Waals surface area contributed by atoms with Gasteiger partial charge in [-0.05, 0) is 31.4 Å². The highest BCUT2D eigenvalue weighted by Crippen LogP contribution is 2.30. The Kier molecular flexibility index (Phi) is 4.53. The number of carbonyl (C=O) groups is 1. The normalized spacial score (nSPS) is 15.0. The SMILES string of the molecule is CCCN(C(=O)c1cc(S(=O)(=O)Cl)cc(F)c1F)C1CC1. The van der Waals surface area contributed by atoms with Crippen LogP contribution in [0.3, 0.4) is 0 Å². The molecule has 0 bridgehead atoms. The third kappa shape index (κ3) is 3.52. The highest BCUT2D eigenvalue weighted by molar-refractivity contribution is 8.13. The van der Waals surface area contributed by atoms with Crippen molar-refractivity contribution in [3.05, 3.63) is 29.3 Å². The van der Waals surface area contributed by atoms with Crippen LogP contribution in [0.5, 0.6) is 0 Å². The first kappa shape index (κ1) is 16.2. The molecular formula is C13H14ClF2NO3S. The van der Waals surface area contributed by atoms with Crippen molar-refractivity contribution >= 4 is 25.6 Å². The van der Waals surface area contributed by atoms with E-state index in [9.17, 15) is 22.0 Å². The van der Waals surface area contributed by atoms with Gasteiger partial charge in [0.2, 0.25) is 0 Å². The maximum absolute atomic E-state index is 13.8. The minimum Gasteiger partial charge on any atom is -0.336 e. The molecule has 2 rings (SSSR count). The average molecular weight is 338 g/mol. The van der Waals surface area contributed by atoms with E-state index < -0.39 is 37.1 Å². The summed E-state index contributed by atoms with van der Waals surface area (Å²) in [6.07, 6.45) is 2.28. The minimum absolute atomic E-state index is 0.0103. The van der Waals surface area contributed by atoms with Crippen molar-refractivity contribution in [3.8, 4) is 0 Å². The lowest BCUT2D eigenvalue weighted by atomic mass is 10.1. The van der Waals surface area contributed by atoms with Crippen LogP contribution < -0.4 is 0 Å². The van der Waals surface area contributed by atoms with Crippen molar-refractivity contribution in [2.45, 2.75) is 37.1 Å². The van der Waals surface area contributed by atoms with E-state index in [0.29, 0.717) is 19.0 Å². The van der Waals surface area contributed by atoms with Crippen LogP contribution in [0.1, 0.15) is 36.5 Å². The molecule has 1 aromatic rings. The van der Waals surface area contributed by atoms with E-state index in [-0.39, 0.29) is 6.04 Å². The summed E-state index contributed by atoms with van der Waals surface area (Å²) in [6.45, 7) is 2.27. The van der Waals surface area contributed by atoms with Crippen molar-refractivity contribution in [1.82, 2.24) is 4.90 Å². The number of rotatable bonds is 5. The standard InChI is InChI=1S/C13H14ClF2NO3S/c1-2-5-17(8-3-4-8)13(18)10-6-9(21(14,19)20)7-11(15)12(10)16/h6-8H,2-5H2,1H3. The zero-order chi connectivity index (χ0) is 15.8. The number of nitrogens with zero attached hydrogens (tertiary/aromatic N) is 1. The Morgan fingerprint density at radius 1 is 1.38 bits per heavy atom. The van der Waals surface area contributed by atoms with Crippen LogP contribution in [-0.2, 0) is 9.05 Å². The topological polar surface area (TPSA) is 54.5 Å². The Morgan fingerprint density at radius 3 is 2.48 bits per heavy atom. The molecule has 0 spiro atoms. The number of hydrogen-bond donors (Lipinski definition) is 0. The zero-order valence-electron chi connectivity index (χ0n) is 11.3. The lowest BCUT2D eigenvalue weighted by molar-refractivity contribution is 0.0737. The van der Waals surface area contributed by atoms with Crippen molar-refractivity contribution in [3.63, 3.8) is 0 Å². The molecule has 0 radical (unpaired) electrons. The van der Waals surface area contributed by atoms with E-state index in [1.807, 2.05) is 6.92 Å². The van der Waals surface area contributed by atoms with Gasteiger partial charge in [0, 0.05) is 23.3 Å². The summed E-state index contributed by atoms with van der Waals surface area (Å²) in [5, 5.41) is 0. The van der Waals surface area contributed by atoms with Gasteiger partial charge in [-0.1, -0.05) is 6.92 Å². The maximum Gasteiger partial charge on any atom is 0.261 e. The fourth-order valence-electron chi connectivity index (χ4n) is 2.09. The van der Waals surface area contributed by atoms with Gasteiger partial charge in [0.1, 0.15) is 0 Å². The molecule has 1 aliphatic carbocycles. The first-order chi connectivity index (χ1) is 9.75. The Hall–Kier alpha value is -1.21. The van der Waals surface area contributed by atoms with E-state index in [4.69, 9.17) is 10.7 Å². The van der Waals surface area contributed by atoms with E-state index in [1.54, 1.807) is 0 Å². The maximum atomic E-state index is 13.8. The van der Waals surface area contributed by atoms with Gasteiger partial charge in [0.05, 0.1) is 10.5 Å². The molecule has 1 saturated carbocycles. The third-order valence-electron chi connectivity index (χ3n) is 3.23. The molecule has 0 aromatic heterocycles. The molecule has 1 amide bonds. The monoisotopic (exact) mass is 337 g/mol. The van der Waals surface area contributed by atoms with E-state index in [2.05, 4.69) is 0 Å². The lowest BCUT2D eigenvalue weighted by Crippen LogP contribution is -2.34. The van der Waals surface area contributed by atoms with E-state index in [1.165, 1.54) is 4.90 Å². The molecule has 0 unspecified atom stereocenters. The predicted molar refractivity (Wildman–Crippen MR) is 73.7 cm³/mol. The van der Waals surface area contributed by atoms with Gasteiger partial charge in [0.25, 0.3) is 15.0 Å². The molecular weight excluding hydrogens is 324 g/mol. The van der Waals surface area contributed by atoms with Crippen LogP contribution in [0.2, 0.25) is 0 Å². The molecule has 0 atom stereocenters. The number of carbonyl (C=O) groups excluding carboxylic acids is 1. The Balaban J connectivity index is 2.46. The molecule has 0 saturated heterocycles. The Bertz CT molecular complexity index is 674. The van der Waals surface area contributed by atoms with E-state index in [0.717, 1.165) is 18.9 Å². The highest BCUT2D eigenvalue weighted by Gasteiger charge is 2.34. The first-order valence-corrected chi connectivity index (χ1v) is 8.81. The summed E-state index contributed by atoms with van der Waals surface area (Å²) in [5.41, 5.74) is -0.602. The second kappa shape index (κ2) is 5.88. The Labute approximate surface area is 126 Å². The molecule has 0 heterocycles. The minimum atomic E-state index is -4.25. The number of amides is 1. The molecule has 0 aliphatic heterocycles. The quantitative estimate of drug-likeness (QED) is 0.776. The molecule has 1 aromatic carbocycles. The molecule has 0 N–H and O–H groups in total. The molecule has 4 nitrogen and oxygen atoms in total. The number of halogens is 3. The Morgan fingerprint density at radius 2 is 2.00 bits per heavy atom. The van der Waals surface area contributed by atoms with Gasteiger partial charge in [-0.15, -0.1) is 0 Å². The number of benzene rings is 1. The highest BCUT2D eigenvalue weighted by atomic mass is 35.7. The van der Waals surface area contributed by atoms with Crippen molar-refractivity contribution < 1.29 is 22.0 Å². The summed E-state index contributed by atoms with van der Waals surface area (Å²) in [5.74, 6) is -3.48. The smallest absolute Gasteiger partial charge is 0.261 e. The lowest BCUT2D eigenvalue weighted by Gasteiger charge is -2.22. The van der Waals surface area contributed by atoms with Crippen molar-refractivity contribution in [2.24, 2.45) is 0 Å². The van der Waals surface area contributed by atoms with Gasteiger partial charge < -0.3 is 4.90 Å². The second-order valence-corrected chi connectivity index (χ2v) is 7.50. The summed E-state index contributed by atoms with van der Waals surface area (Å²) in [6, 6.07) is 1.26.